The van der Waals surface area contributed by atoms with Gasteiger partial charge in [-0.3, -0.25) is 0 Å². The molecule has 0 bridgehead atoms. The lowest BCUT2D eigenvalue weighted by Gasteiger charge is -2.14. The molecule has 0 aliphatic rings. The van der Waals surface area contributed by atoms with Crippen LogP contribution in [0.1, 0.15) is 24.3 Å². The minimum absolute atomic E-state index is 0. The van der Waals surface area contributed by atoms with Crippen molar-refractivity contribution in [2.24, 2.45) is 0 Å². The predicted octanol–water partition coefficient (Wildman–Crippen LogP) is 0.109. The number of thiophene rings is 1. The van der Waals surface area contributed by atoms with Gasteiger partial charge in [0.2, 0.25) is 0 Å². The van der Waals surface area contributed by atoms with E-state index in [4.69, 9.17) is 0 Å². The van der Waals surface area contributed by atoms with E-state index in [2.05, 4.69) is 67.8 Å². The molecule has 2 aromatic rings. The van der Waals surface area contributed by atoms with Gasteiger partial charge in [-0.25, -0.2) is 0 Å². The van der Waals surface area contributed by atoms with Crippen LogP contribution in [0, 0.1) is 0 Å². The second kappa shape index (κ2) is 8.96. The molecule has 0 spiro atoms. The maximum atomic E-state index is 2.39. The van der Waals surface area contributed by atoms with E-state index in [1.54, 1.807) is 4.90 Å². The number of benzene rings is 1. The van der Waals surface area contributed by atoms with Crippen molar-refractivity contribution in [1.29, 1.82) is 0 Å². The summed E-state index contributed by atoms with van der Waals surface area (Å²) in [6.07, 6.45) is 2.39. The molecule has 0 atom stereocenters. The van der Waals surface area contributed by atoms with Gasteiger partial charge in [-0.05, 0) is 36.9 Å². The Kier molecular flexibility index (Phi) is 7.60. The van der Waals surface area contributed by atoms with Crippen molar-refractivity contribution in [3.63, 3.8) is 0 Å². The summed E-state index contributed by atoms with van der Waals surface area (Å²) in [5.74, 6) is 0. The molecule has 0 radical (unpaired) electrons. The standard InChI is InChI=1S/C17H21NS.ClH/c1-3-18(4-2)13-12-16(17-11-8-14-19-17)15-9-6-5-7-10-15;/h5-12,14H,3-4,13H2,1-2H3;1H/b16-12+;. The molecule has 20 heavy (non-hydrogen) atoms. The van der Waals surface area contributed by atoms with Gasteiger partial charge in [0.25, 0.3) is 0 Å². The first kappa shape index (κ1) is 17.0. The van der Waals surface area contributed by atoms with E-state index in [0.717, 1.165) is 6.54 Å². The number of nitrogens with one attached hydrogen (secondary N) is 1. The van der Waals surface area contributed by atoms with Gasteiger partial charge in [0.05, 0.1) is 19.6 Å². The lowest BCUT2D eigenvalue weighted by Crippen LogP contribution is -3.11. The van der Waals surface area contributed by atoms with Gasteiger partial charge in [0, 0.05) is 10.5 Å². The smallest absolute Gasteiger partial charge is 0.0967 e. The average molecular weight is 308 g/mol. The molecule has 1 aromatic heterocycles. The van der Waals surface area contributed by atoms with Gasteiger partial charge in [0.1, 0.15) is 0 Å². The Balaban J connectivity index is 0.00000200. The van der Waals surface area contributed by atoms with Crippen molar-refractivity contribution in [2.45, 2.75) is 13.8 Å². The Morgan fingerprint density at radius 3 is 2.30 bits per heavy atom. The molecule has 0 aliphatic carbocycles. The van der Waals surface area contributed by atoms with Crippen LogP contribution in [0.5, 0.6) is 0 Å². The first-order valence-electron chi connectivity index (χ1n) is 6.98. The van der Waals surface area contributed by atoms with Crippen LogP contribution >= 0.6 is 11.3 Å². The van der Waals surface area contributed by atoms with Crippen LogP contribution in [0.3, 0.4) is 0 Å². The summed E-state index contributed by atoms with van der Waals surface area (Å²) in [6.45, 7) is 7.95. The fourth-order valence-electron chi connectivity index (χ4n) is 2.20. The average Bonchev–Trinajstić information content (AvgIpc) is 2.99. The van der Waals surface area contributed by atoms with Crippen molar-refractivity contribution in [1.82, 2.24) is 0 Å². The molecule has 1 aromatic carbocycles. The van der Waals surface area contributed by atoms with E-state index in [9.17, 15) is 0 Å². The highest BCUT2D eigenvalue weighted by atomic mass is 35.5. The minimum atomic E-state index is 0. The molecule has 108 valence electrons. The van der Waals surface area contributed by atoms with E-state index in [-0.39, 0.29) is 12.4 Å². The third kappa shape index (κ3) is 4.48. The van der Waals surface area contributed by atoms with Gasteiger partial charge >= 0.3 is 0 Å². The second-order valence-corrected chi connectivity index (χ2v) is 5.57. The van der Waals surface area contributed by atoms with Gasteiger partial charge in [-0.15, -0.1) is 11.3 Å². The molecule has 1 heterocycles. The summed E-state index contributed by atoms with van der Waals surface area (Å²) in [6, 6.07) is 15.0. The third-order valence-electron chi connectivity index (χ3n) is 3.47. The van der Waals surface area contributed by atoms with E-state index < -0.39 is 0 Å². The first-order valence-corrected chi connectivity index (χ1v) is 7.86. The van der Waals surface area contributed by atoms with Gasteiger partial charge in [-0.1, -0.05) is 36.4 Å². The Morgan fingerprint density at radius 2 is 1.75 bits per heavy atom. The lowest BCUT2D eigenvalue weighted by molar-refractivity contribution is -0.890. The highest BCUT2D eigenvalue weighted by molar-refractivity contribution is 7.11. The van der Waals surface area contributed by atoms with Crippen molar-refractivity contribution in [3.05, 3.63) is 64.4 Å². The molecule has 3 heteroatoms. The topological polar surface area (TPSA) is 4.44 Å². The summed E-state index contributed by atoms with van der Waals surface area (Å²) in [5.41, 5.74) is 2.69. The predicted molar refractivity (Wildman–Crippen MR) is 84.8 cm³/mol. The zero-order valence-corrected chi connectivity index (χ0v) is 13.7. The first-order chi connectivity index (χ1) is 9.35. The SMILES string of the molecule is CC[NH+](CC)C/C=C(\c1ccccc1)c1cccs1.[Cl-]. The number of halogens is 1. The van der Waals surface area contributed by atoms with Crippen molar-refractivity contribution in [2.75, 3.05) is 19.6 Å². The Bertz CT molecular complexity index is 501. The van der Waals surface area contributed by atoms with E-state index in [0.29, 0.717) is 0 Å². The van der Waals surface area contributed by atoms with Gasteiger partial charge in [0.15, 0.2) is 0 Å². The van der Waals surface area contributed by atoms with Gasteiger partial charge in [-0.2, -0.15) is 0 Å². The quantitative estimate of drug-likeness (QED) is 0.773. The largest absolute Gasteiger partial charge is 1.00 e. The zero-order chi connectivity index (χ0) is 13.5. The Labute approximate surface area is 132 Å². The molecule has 2 rings (SSSR count). The maximum absolute atomic E-state index is 2.39. The monoisotopic (exact) mass is 307 g/mol. The maximum Gasteiger partial charge on any atom is 0.0967 e. The number of likely N-dealkylation sites (N-methyl/N-ethyl adjacent to an activating group) is 1. The third-order valence-corrected chi connectivity index (χ3v) is 4.37. The number of hydrogen-bond donors (Lipinski definition) is 1. The van der Waals surface area contributed by atoms with E-state index in [1.165, 1.54) is 29.1 Å². The van der Waals surface area contributed by atoms with Crippen molar-refractivity contribution < 1.29 is 17.3 Å². The summed E-state index contributed by atoms with van der Waals surface area (Å²) < 4.78 is 0. The minimum Gasteiger partial charge on any atom is -1.00 e. The van der Waals surface area contributed by atoms with E-state index >= 15 is 0 Å². The molecule has 0 saturated heterocycles. The summed E-state index contributed by atoms with van der Waals surface area (Å²) in [7, 11) is 0. The Morgan fingerprint density at radius 1 is 1.05 bits per heavy atom. The van der Waals surface area contributed by atoms with Crippen LogP contribution < -0.4 is 17.3 Å². The molecular formula is C17H22ClNS. The highest BCUT2D eigenvalue weighted by Gasteiger charge is 2.07. The lowest BCUT2D eigenvalue weighted by atomic mass is 10.0. The fourth-order valence-corrected chi connectivity index (χ4v) is 2.98. The summed E-state index contributed by atoms with van der Waals surface area (Å²) in [5, 5.41) is 2.15. The van der Waals surface area contributed by atoms with Crippen molar-refractivity contribution in [3.8, 4) is 0 Å². The molecule has 0 fully saturated rings. The fraction of sp³-hybridized carbons (Fsp3) is 0.294. The molecular weight excluding hydrogens is 286 g/mol. The van der Waals surface area contributed by atoms with Crippen LogP contribution in [0.2, 0.25) is 0 Å². The van der Waals surface area contributed by atoms with Crippen LogP contribution in [-0.4, -0.2) is 19.6 Å². The van der Waals surface area contributed by atoms with E-state index in [1.807, 2.05) is 11.3 Å². The van der Waals surface area contributed by atoms with Gasteiger partial charge < -0.3 is 17.3 Å². The second-order valence-electron chi connectivity index (χ2n) is 4.62. The van der Waals surface area contributed by atoms with Crippen LogP contribution in [0.4, 0.5) is 0 Å². The van der Waals surface area contributed by atoms with Crippen LogP contribution in [0.15, 0.2) is 53.9 Å². The molecule has 1 nitrogen and oxygen atoms in total. The number of hydrogen-bond acceptors (Lipinski definition) is 1. The van der Waals surface area contributed by atoms with Crippen molar-refractivity contribution >= 4 is 16.9 Å². The zero-order valence-electron chi connectivity index (χ0n) is 12.1. The normalized spacial score (nSPS) is 11.4. The molecule has 0 aliphatic heterocycles. The number of quaternary nitrogens is 1. The van der Waals surface area contributed by atoms with Crippen LogP contribution in [0.25, 0.3) is 5.57 Å². The molecule has 0 unspecified atom stereocenters. The summed E-state index contributed by atoms with van der Waals surface area (Å²) in [4.78, 5) is 2.97. The highest BCUT2D eigenvalue weighted by Crippen LogP contribution is 2.26. The molecule has 0 amide bonds. The Hall–Kier alpha value is -1.09. The summed E-state index contributed by atoms with van der Waals surface area (Å²) >= 11 is 1.82. The molecule has 1 N–H and O–H groups in total. The molecule has 0 saturated carbocycles. The number of rotatable bonds is 6. The van der Waals surface area contributed by atoms with Crippen LogP contribution in [-0.2, 0) is 0 Å².